The summed E-state index contributed by atoms with van der Waals surface area (Å²) >= 11 is 6.12. The van der Waals surface area contributed by atoms with Gasteiger partial charge in [-0.1, -0.05) is 25.1 Å². The quantitative estimate of drug-likeness (QED) is 0.488. The third kappa shape index (κ3) is 6.23. The van der Waals surface area contributed by atoms with Crippen molar-refractivity contribution in [2.24, 2.45) is 10.9 Å². The third-order valence-electron chi connectivity index (χ3n) is 5.53. The van der Waals surface area contributed by atoms with Gasteiger partial charge in [-0.3, -0.25) is 4.99 Å². The Balaban J connectivity index is 1.65. The van der Waals surface area contributed by atoms with E-state index >= 15 is 0 Å². The maximum absolute atomic E-state index is 14.9. The molecule has 0 saturated carbocycles. The van der Waals surface area contributed by atoms with Crippen LogP contribution in [0.3, 0.4) is 0 Å². The number of phenolic OH excluding ortho intramolecular Hbond substituents is 1. The van der Waals surface area contributed by atoms with Gasteiger partial charge in [0.1, 0.15) is 11.6 Å². The van der Waals surface area contributed by atoms with Crippen LogP contribution >= 0.6 is 11.6 Å². The molecule has 1 atom stereocenters. The zero-order valence-electron chi connectivity index (χ0n) is 18.3. The van der Waals surface area contributed by atoms with Crippen molar-refractivity contribution in [2.75, 3.05) is 36.0 Å². The van der Waals surface area contributed by atoms with E-state index in [2.05, 4.69) is 23.4 Å². The summed E-state index contributed by atoms with van der Waals surface area (Å²) in [6.45, 7) is 11.2. The molecule has 1 saturated heterocycles. The highest BCUT2D eigenvalue weighted by Gasteiger charge is 2.18. The van der Waals surface area contributed by atoms with E-state index in [0.29, 0.717) is 23.8 Å². The van der Waals surface area contributed by atoms with E-state index in [1.165, 1.54) is 12.5 Å². The predicted molar refractivity (Wildman–Crippen MR) is 129 cm³/mol. The SMILES string of the molecule is C=C(C)N(CC(C)CN=Cc1ccc(O)cc1Cl)c1ccc(N2CCCCC2)c(F)c1. The first-order valence-electron chi connectivity index (χ1n) is 10.8. The molecule has 1 heterocycles. The minimum atomic E-state index is -0.182. The minimum absolute atomic E-state index is 0.131. The van der Waals surface area contributed by atoms with E-state index in [-0.39, 0.29) is 17.5 Å². The first-order valence-corrected chi connectivity index (χ1v) is 11.2. The molecule has 1 fully saturated rings. The van der Waals surface area contributed by atoms with Gasteiger partial charge in [0.25, 0.3) is 0 Å². The Hall–Kier alpha value is -2.53. The maximum Gasteiger partial charge on any atom is 0.148 e. The summed E-state index contributed by atoms with van der Waals surface area (Å²) in [7, 11) is 0. The Morgan fingerprint density at radius 1 is 1.26 bits per heavy atom. The van der Waals surface area contributed by atoms with Gasteiger partial charge in [-0.2, -0.15) is 0 Å². The van der Waals surface area contributed by atoms with Crippen LogP contribution in [0.5, 0.6) is 5.75 Å². The van der Waals surface area contributed by atoms with Crippen LogP contribution in [0.1, 0.15) is 38.7 Å². The lowest BCUT2D eigenvalue weighted by Crippen LogP contribution is -2.31. The van der Waals surface area contributed by atoms with E-state index in [0.717, 1.165) is 42.9 Å². The van der Waals surface area contributed by atoms with Crippen LogP contribution < -0.4 is 9.80 Å². The van der Waals surface area contributed by atoms with Crippen LogP contribution in [0.25, 0.3) is 0 Å². The fraction of sp³-hybridized carbons (Fsp3) is 0.400. The molecule has 1 aliphatic heterocycles. The lowest BCUT2D eigenvalue weighted by atomic mass is 10.1. The summed E-state index contributed by atoms with van der Waals surface area (Å²) in [5.41, 5.74) is 3.12. The minimum Gasteiger partial charge on any atom is -0.508 e. The maximum atomic E-state index is 14.9. The molecule has 3 rings (SSSR count). The van der Waals surface area contributed by atoms with Crippen molar-refractivity contribution in [1.29, 1.82) is 0 Å². The second-order valence-electron chi connectivity index (χ2n) is 8.33. The molecule has 1 N–H and O–H groups in total. The van der Waals surface area contributed by atoms with Crippen LogP contribution in [0.2, 0.25) is 5.02 Å². The zero-order valence-corrected chi connectivity index (χ0v) is 19.1. The summed E-state index contributed by atoms with van der Waals surface area (Å²) in [5.74, 6) is 0.165. The molecule has 0 aliphatic carbocycles. The van der Waals surface area contributed by atoms with Gasteiger partial charge in [-0.15, -0.1) is 0 Å². The summed E-state index contributed by atoms with van der Waals surface area (Å²) < 4.78 is 14.9. The predicted octanol–water partition coefficient (Wildman–Crippen LogP) is 6.27. The van der Waals surface area contributed by atoms with Gasteiger partial charge in [-0.05, 0) is 68.5 Å². The lowest BCUT2D eigenvalue weighted by molar-refractivity contribution is 0.475. The average Bonchev–Trinajstić information content (AvgIpc) is 2.74. The molecule has 166 valence electrons. The summed E-state index contributed by atoms with van der Waals surface area (Å²) in [4.78, 5) is 8.68. The van der Waals surface area contributed by atoms with E-state index in [1.807, 2.05) is 24.0 Å². The van der Waals surface area contributed by atoms with Crippen molar-refractivity contribution in [2.45, 2.75) is 33.1 Å². The van der Waals surface area contributed by atoms with Crippen LogP contribution in [0.4, 0.5) is 15.8 Å². The number of anilines is 2. The summed E-state index contributed by atoms with van der Waals surface area (Å²) in [5, 5.41) is 9.91. The number of allylic oxidation sites excluding steroid dienone is 1. The fourth-order valence-corrected chi connectivity index (χ4v) is 4.08. The monoisotopic (exact) mass is 443 g/mol. The summed E-state index contributed by atoms with van der Waals surface area (Å²) in [6.07, 6.45) is 5.17. The molecule has 0 radical (unpaired) electrons. The first kappa shape index (κ1) is 23.1. The van der Waals surface area contributed by atoms with Crippen molar-refractivity contribution in [1.82, 2.24) is 0 Å². The number of piperidine rings is 1. The average molecular weight is 444 g/mol. The number of benzene rings is 2. The van der Waals surface area contributed by atoms with Crippen molar-refractivity contribution in [3.05, 3.63) is 65.1 Å². The molecule has 6 heteroatoms. The van der Waals surface area contributed by atoms with Gasteiger partial charge in [0.2, 0.25) is 0 Å². The molecule has 0 amide bonds. The second kappa shape index (κ2) is 10.7. The number of hydrogen-bond acceptors (Lipinski definition) is 4. The van der Waals surface area contributed by atoms with Crippen LogP contribution in [0, 0.1) is 11.7 Å². The van der Waals surface area contributed by atoms with Gasteiger partial charge in [0, 0.05) is 49.3 Å². The van der Waals surface area contributed by atoms with Gasteiger partial charge in [-0.25, -0.2) is 4.39 Å². The first-order chi connectivity index (χ1) is 14.8. The number of nitrogens with zero attached hydrogens (tertiary/aromatic N) is 3. The Bertz CT molecular complexity index is 940. The molecule has 31 heavy (non-hydrogen) atoms. The van der Waals surface area contributed by atoms with E-state index < -0.39 is 0 Å². The zero-order chi connectivity index (χ0) is 22.4. The summed E-state index contributed by atoms with van der Waals surface area (Å²) in [6, 6.07) is 10.3. The highest BCUT2D eigenvalue weighted by molar-refractivity contribution is 6.33. The van der Waals surface area contributed by atoms with Gasteiger partial charge < -0.3 is 14.9 Å². The Morgan fingerprint density at radius 3 is 2.65 bits per heavy atom. The number of rotatable bonds is 8. The molecular formula is C25H31ClFN3O. The standard InChI is InChI=1S/C25H31ClFN3O/c1-18(2)30(17-19(3)15-28-16-20-7-9-22(31)14-23(20)26)21-8-10-25(24(27)13-21)29-11-5-4-6-12-29/h7-10,13-14,16,19,31H,1,4-6,11-12,15,17H2,2-3H3. The molecule has 0 spiro atoms. The topological polar surface area (TPSA) is 39.1 Å². The van der Waals surface area contributed by atoms with Crippen LogP contribution in [-0.4, -0.2) is 37.5 Å². The lowest BCUT2D eigenvalue weighted by Gasteiger charge is -2.31. The third-order valence-corrected chi connectivity index (χ3v) is 5.85. The molecule has 4 nitrogen and oxygen atoms in total. The van der Waals surface area contributed by atoms with Gasteiger partial charge in [0.05, 0.1) is 10.7 Å². The van der Waals surface area contributed by atoms with Crippen LogP contribution in [0.15, 0.2) is 53.7 Å². The van der Waals surface area contributed by atoms with Crippen LogP contribution in [-0.2, 0) is 0 Å². The van der Waals surface area contributed by atoms with Gasteiger partial charge >= 0.3 is 0 Å². The molecule has 1 aliphatic rings. The second-order valence-corrected chi connectivity index (χ2v) is 8.74. The Kier molecular flexibility index (Phi) is 7.97. The van der Waals surface area contributed by atoms with E-state index in [9.17, 15) is 9.50 Å². The molecule has 2 aromatic carbocycles. The number of phenols is 1. The highest BCUT2D eigenvalue weighted by Crippen LogP contribution is 2.29. The molecule has 1 unspecified atom stereocenters. The van der Waals surface area contributed by atoms with Crippen molar-refractivity contribution in [3.63, 3.8) is 0 Å². The van der Waals surface area contributed by atoms with Crippen molar-refractivity contribution < 1.29 is 9.50 Å². The highest BCUT2D eigenvalue weighted by atomic mass is 35.5. The van der Waals surface area contributed by atoms with Crippen molar-refractivity contribution in [3.8, 4) is 5.75 Å². The molecule has 0 aromatic heterocycles. The fourth-order valence-electron chi connectivity index (χ4n) is 3.86. The number of hydrogen-bond donors (Lipinski definition) is 1. The van der Waals surface area contributed by atoms with E-state index in [4.69, 9.17) is 11.6 Å². The Labute approximate surface area is 189 Å². The molecule has 2 aromatic rings. The molecule has 0 bridgehead atoms. The van der Waals surface area contributed by atoms with Gasteiger partial charge in [0.15, 0.2) is 0 Å². The smallest absolute Gasteiger partial charge is 0.148 e. The normalized spacial score (nSPS) is 15.3. The number of aromatic hydroxyl groups is 1. The van der Waals surface area contributed by atoms with E-state index in [1.54, 1.807) is 24.4 Å². The largest absolute Gasteiger partial charge is 0.508 e. The number of halogens is 2. The van der Waals surface area contributed by atoms with Crippen molar-refractivity contribution >= 4 is 29.2 Å². The molecular weight excluding hydrogens is 413 g/mol. The number of aliphatic imine (C=N–C) groups is 1. The Morgan fingerprint density at radius 2 is 2.00 bits per heavy atom.